The van der Waals surface area contributed by atoms with Crippen molar-refractivity contribution in [3.05, 3.63) is 94.7 Å². The van der Waals surface area contributed by atoms with E-state index in [1.165, 1.54) is 144 Å². The van der Waals surface area contributed by atoms with Crippen molar-refractivity contribution in [1.29, 1.82) is 0 Å². The molecule has 0 aliphatic heterocycles. The molecule has 0 spiro atoms. The highest BCUT2D eigenvalue weighted by Crippen LogP contribution is 2.47. The normalized spacial score (nSPS) is 12.0. The van der Waals surface area contributed by atoms with Crippen molar-refractivity contribution in [3.63, 3.8) is 0 Å². The van der Waals surface area contributed by atoms with Gasteiger partial charge in [-0.1, -0.05) is 76.6 Å². The van der Waals surface area contributed by atoms with Gasteiger partial charge >= 0.3 is 0 Å². The lowest BCUT2D eigenvalue weighted by Crippen LogP contribution is -1.80. The van der Waals surface area contributed by atoms with Gasteiger partial charge in [-0.2, -0.15) is 0 Å². The first kappa shape index (κ1) is 32.6. The summed E-state index contributed by atoms with van der Waals surface area (Å²) in [6.45, 7) is 4.57. The van der Waals surface area contributed by atoms with Crippen LogP contribution < -0.4 is 0 Å². The second-order valence-electron chi connectivity index (χ2n) is 12.8. The number of aryl methyl sites for hydroxylation is 2. The van der Waals surface area contributed by atoms with Gasteiger partial charge in [0.05, 0.1) is 4.01 Å². The molecule has 0 amide bonds. The summed E-state index contributed by atoms with van der Waals surface area (Å²) in [6, 6.07) is 32.9. The Kier molecular flexibility index (Phi) is 10.0. The van der Waals surface area contributed by atoms with Crippen LogP contribution in [0.15, 0.2) is 84.9 Å². The molecule has 0 fully saturated rings. The monoisotopic (exact) mass is 736 g/mol. The fourth-order valence-electron chi connectivity index (χ4n) is 6.61. The van der Waals surface area contributed by atoms with E-state index < -0.39 is 0 Å². The van der Waals surface area contributed by atoms with Crippen molar-refractivity contribution in [2.45, 2.75) is 78.1 Å². The maximum atomic E-state index is 2.42. The molecule has 0 nitrogen and oxygen atoms in total. The van der Waals surface area contributed by atoms with E-state index in [0.29, 0.717) is 0 Å². The molecule has 6 heteroatoms. The van der Waals surface area contributed by atoms with Gasteiger partial charge in [-0.05, 0) is 97.5 Å². The third kappa shape index (κ3) is 6.77. The average molecular weight is 737 g/mol. The molecule has 8 aromatic rings. The van der Waals surface area contributed by atoms with E-state index in [-0.39, 0.29) is 0 Å². The van der Waals surface area contributed by atoms with Gasteiger partial charge in [-0.15, -0.1) is 68.0 Å². The molecule has 8 rings (SSSR count). The lowest BCUT2D eigenvalue weighted by molar-refractivity contribution is 0.670. The maximum Gasteiger partial charge on any atom is 0.0890 e. The third-order valence-electron chi connectivity index (χ3n) is 9.25. The Labute approximate surface area is 308 Å². The highest BCUT2D eigenvalue weighted by atomic mass is 32.2. The minimum atomic E-state index is 1.22. The number of rotatable bonds is 14. The summed E-state index contributed by atoms with van der Waals surface area (Å²) in [7, 11) is 0. The quantitative estimate of drug-likeness (QED) is 0.0975. The molecule has 0 saturated carbocycles. The largest absolute Gasteiger partial charge is 0.139 e. The Hall–Kier alpha value is -2.58. The number of hydrogen-bond acceptors (Lipinski definition) is 6. The summed E-state index contributed by atoms with van der Waals surface area (Å²) in [5.74, 6) is 0. The smallest absolute Gasteiger partial charge is 0.0890 e. The van der Waals surface area contributed by atoms with Crippen LogP contribution in [0.2, 0.25) is 0 Å². The van der Waals surface area contributed by atoms with E-state index in [2.05, 4.69) is 98.8 Å². The molecule has 2 aromatic carbocycles. The highest BCUT2D eigenvalue weighted by Gasteiger charge is 2.16. The van der Waals surface area contributed by atoms with Crippen LogP contribution in [0.5, 0.6) is 0 Å². The van der Waals surface area contributed by atoms with Crippen LogP contribution in [0, 0.1) is 0 Å². The molecule has 0 atom stereocenters. The zero-order valence-corrected chi connectivity index (χ0v) is 32.5. The summed E-state index contributed by atoms with van der Waals surface area (Å²) in [4.78, 5) is 11.4. The first-order chi connectivity index (χ1) is 23.7. The van der Waals surface area contributed by atoms with Crippen molar-refractivity contribution in [2.75, 3.05) is 0 Å². The van der Waals surface area contributed by atoms with E-state index >= 15 is 0 Å². The first-order valence-electron chi connectivity index (χ1n) is 17.4. The molecular weight excluding hydrogens is 697 g/mol. The van der Waals surface area contributed by atoms with Crippen LogP contribution in [0.3, 0.4) is 0 Å². The molecule has 6 aromatic heterocycles. The Balaban J connectivity index is 0.998. The van der Waals surface area contributed by atoms with Gasteiger partial charge < -0.3 is 0 Å². The van der Waals surface area contributed by atoms with Crippen LogP contribution >= 0.6 is 68.0 Å². The molecule has 0 radical (unpaired) electrons. The van der Waals surface area contributed by atoms with Crippen LogP contribution in [-0.4, -0.2) is 0 Å². The van der Waals surface area contributed by atoms with Gasteiger partial charge in [0.25, 0.3) is 0 Å². The number of fused-ring (bicyclic) bond motifs is 5. The van der Waals surface area contributed by atoms with Gasteiger partial charge in [0.1, 0.15) is 0 Å². The van der Waals surface area contributed by atoms with Gasteiger partial charge in [0, 0.05) is 64.6 Å². The van der Waals surface area contributed by atoms with Crippen molar-refractivity contribution < 1.29 is 0 Å². The lowest BCUT2D eigenvalue weighted by atomic mass is 10.1. The van der Waals surface area contributed by atoms with Crippen molar-refractivity contribution in [3.8, 4) is 40.4 Å². The Morgan fingerprint density at radius 3 is 1.31 bits per heavy atom. The predicted molar refractivity (Wildman–Crippen MR) is 224 cm³/mol. The average Bonchev–Trinajstić information content (AvgIpc) is 3.94. The SMILES string of the molecule is CCCCCCc1ccc(-c2ccc(-c3ccc4c(c3)sc3sc5cc(-c6ccc(-c7ccc(CCCCCC)s7)s6)ccc5c34)s2)s1. The third-order valence-corrected chi connectivity index (χ3v) is 16.6. The molecule has 0 aliphatic carbocycles. The van der Waals surface area contributed by atoms with Crippen molar-refractivity contribution in [2.24, 2.45) is 0 Å². The fraction of sp³-hybridized carbons (Fsp3) is 0.286. The van der Waals surface area contributed by atoms with Gasteiger partial charge in [0.15, 0.2) is 0 Å². The highest BCUT2D eigenvalue weighted by molar-refractivity contribution is 7.44. The summed E-state index contributed by atoms with van der Waals surface area (Å²) >= 11 is 11.7. The molecule has 6 heterocycles. The predicted octanol–water partition coefficient (Wildman–Crippen LogP) is 16.4. The Morgan fingerprint density at radius 1 is 0.396 bits per heavy atom. The van der Waals surface area contributed by atoms with Crippen LogP contribution in [0.1, 0.15) is 75.0 Å². The van der Waals surface area contributed by atoms with E-state index in [0.717, 1.165) is 0 Å². The number of thiophene rings is 6. The summed E-state index contributed by atoms with van der Waals surface area (Å²) < 4.78 is 4.22. The zero-order chi connectivity index (χ0) is 32.5. The Bertz CT molecular complexity index is 2130. The first-order valence-corrected chi connectivity index (χ1v) is 22.3. The van der Waals surface area contributed by atoms with E-state index in [1.54, 1.807) is 0 Å². The summed E-state index contributed by atoms with van der Waals surface area (Å²) in [6.07, 6.45) is 13.0. The molecule has 0 unspecified atom stereocenters. The van der Waals surface area contributed by atoms with Crippen LogP contribution in [0.25, 0.3) is 70.0 Å². The molecule has 0 aliphatic rings. The van der Waals surface area contributed by atoms with Gasteiger partial charge in [0.2, 0.25) is 0 Å². The Morgan fingerprint density at radius 2 is 0.833 bits per heavy atom. The number of benzene rings is 2. The van der Waals surface area contributed by atoms with E-state index in [1.807, 2.05) is 68.0 Å². The minimum absolute atomic E-state index is 1.22. The molecule has 48 heavy (non-hydrogen) atoms. The van der Waals surface area contributed by atoms with E-state index in [9.17, 15) is 0 Å². The fourth-order valence-corrected chi connectivity index (χ4v) is 13.6. The maximum absolute atomic E-state index is 2.42. The molecule has 244 valence electrons. The molecule has 0 bridgehead atoms. The van der Waals surface area contributed by atoms with Crippen LogP contribution in [-0.2, 0) is 12.8 Å². The second kappa shape index (κ2) is 14.7. The van der Waals surface area contributed by atoms with Crippen molar-refractivity contribution in [1.82, 2.24) is 0 Å². The standard InChI is InChI=1S/C42H40S6/c1-3-5-7-9-11-29-15-19-35(43-29)37-23-21-33(45-37)27-13-17-31-39(25-27)47-42-41(31)32-18-14-28(26-40(32)48-42)34-22-24-38(46-34)36-20-16-30(44-36)12-10-8-6-4-2/h13-26H,3-12H2,1-2H3. The topological polar surface area (TPSA) is 0 Å². The summed E-state index contributed by atoms with van der Waals surface area (Å²) in [5.41, 5.74) is 2.66. The zero-order valence-electron chi connectivity index (χ0n) is 27.6. The van der Waals surface area contributed by atoms with Crippen molar-refractivity contribution >= 4 is 97.6 Å². The molecule has 0 N–H and O–H groups in total. The summed E-state index contributed by atoms with van der Waals surface area (Å²) in [5, 5.41) is 4.21. The lowest BCUT2D eigenvalue weighted by Gasteiger charge is -2.00. The number of unbranched alkanes of at least 4 members (excludes halogenated alkanes) is 6. The van der Waals surface area contributed by atoms with Crippen LogP contribution in [0.4, 0.5) is 0 Å². The minimum Gasteiger partial charge on any atom is -0.139 e. The molecular formula is C42H40S6. The van der Waals surface area contributed by atoms with Gasteiger partial charge in [-0.3, -0.25) is 0 Å². The van der Waals surface area contributed by atoms with Gasteiger partial charge in [-0.25, -0.2) is 0 Å². The van der Waals surface area contributed by atoms with E-state index in [4.69, 9.17) is 0 Å². The molecule has 0 saturated heterocycles. The number of hydrogen-bond donors (Lipinski definition) is 0. The second-order valence-corrected chi connectivity index (χ2v) is 19.6.